The lowest BCUT2D eigenvalue weighted by Crippen LogP contribution is -1.94. The molecule has 0 amide bonds. The van der Waals surface area contributed by atoms with E-state index in [1.807, 2.05) is 0 Å². The predicted octanol–water partition coefficient (Wildman–Crippen LogP) is 1.41. The topological polar surface area (TPSA) is 38.9 Å². The maximum Gasteiger partial charge on any atom is 0.228 e. The molecule has 9 heavy (non-hydrogen) atoms. The fourth-order valence-electron chi connectivity index (χ4n) is 0.432. The number of aromatic nitrogens is 1. The molecule has 2 nitrogen and oxygen atoms in total. The van der Waals surface area contributed by atoms with Gasteiger partial charge < -0.3 is 5.73 Å². The summed E-state index contributed by atoms with van der Waals surface area (Å²) in [5, 5.41) is 0. The van der Waals surface area contributed by atoms with E-state index >= 15 is 0 Å². The van der Waals surface area contributed by atoms with Crippen molar-refractivity contribution >= 4 is 28.3 Å². The van der Waals surface area contributed by atoms with Crippen molar-refractivity contribution in [3.05, 3.63) is 21.8 Å². The molecule has 0 fully saturated rings. The summed E-state index contributed by atoms with van der Waals surface area (Å²) in [4.78, 5) is 3.39. The van der Waals surface area contributed by atoms with Crippen LogP contribution in [0.15, 0.2) is 12.3 Å². The molecule has 0 spiro atoms. The van der Waals surface area contributed by atoms with Crippen LogP contribution < -0.4 is 5.73 Å². The molecule has 0 radical (unpaired) electrons. The highest BCUT2D eigenvalue weighted by Gasteiger charge is 2.00. The highest BCUT2D eigenvalue weighted by atomic mass is 127. The summed E-state index contributed by atoms with van der Waals surface area (Å²) in [6.07, 6.45) is 1.34. The van der Waals surface area contributed by atoms with Crippen molar-refractivity contribution < 1.29 is 4.39 Å². The lowest BCUT2D eigenvalue weighted by molar-refractivity contribution is 0.577. The zero-order valence-electron chi connectivity index (χ0n) is 4.44. The first-order valence-corrected chi connectivity index (χ1v) is 3.35. The highest BCUT2D eigenvalue weighted by Crippen LogP contribution is 2.14. The van der Waals surface area contributed by atoms with Crippen LogP contribution >= 0.6 is 22.6 Å². The molecule has 0 aliphatic heterocycles. The van der Waals surface area contributed by atoms with Crippen molar-refractivity contribution in [2.75, 3.05) is 5.73 Å². The van der Waals surface area contributed by atoms with Crippen molar-refractivity contribution in [3.63, 3.8) is 0 Å². The lowest BCUT2D eigenvalue weighted by Gasteiger charge is -1.94. The molecule has 0 saturated heterocycles. The van der Waals surface area contributed by atoms with Crippen LogP contribution in [0, 0.1) is 9.52 Å². The quantitative estimate of drug-likeness (QED) is 0.548. The van der Waals surface area contributed by atoms with Crippen LogP contribution in [0.25, 0.3) is 0 Å². The van der Waals surface area contributed by atoms with Gasteiger partial charge in [0.1, 0.15) is 0 Å². The number of nitrogens with zero attached hydrogens (tertiary/aromatic N) is 1. The van der Waals surface area contributed by atoms with Gasteiger partial charge in [0.15, 0.2) is 0 Å². The first kappa shape index (κ1) is 6.73. The molecule has 4 heteroatoms. The Labute approximate surface area is 65.4 Å². The number of nitrogens with two attached hydrogens (primary N) is 1. The molecule has 1 aromatic heterocycles. The molecule has 0 aliphatic carbocycles. The Kier molecular flexibility index (Phi) is 1.84. The van der Waals surface area contributed by atoms with Crippen LogP contribution in [0.2, 0.25) is 0 Å². The minimum Gasteiger partial charge on any atom is -0.398 e. The average molecular weight is 238 g/mol. The van der Waals surface area contributed by atoms with Crippen LogP contribution in [0.3, 0.4) is 0 Å². The summed E-state index contributed by atoms with van der Waals surface area (Å²) in [5.41, 5.74) is 5.77. The predicted molar refractivity (Wildman–Crippen MR) is 41.3 cm³/mol. The monoisotopic (exact) mass is 238 g/mol. The molecule has 0 unspecified atom stereocenters. The molecule has 1 rings (SSSR count). The van der Waals surface area contributed by atoms with Gasteiger partial charge in [0.25, 0.3) is 0 Å². The maximum absolute atomic E-state index is 12.4. The fourth-order valence-corrected chi connectivity index (χ4v) is 0.751. The molecule has 0 aliphatic rings. The molecule has 1 heterocycles. The third kappa shape index (κ3) is 1.29. The summed E-state index contributed by atoms with van der Waals surface area (Å²) in [5.74, 6) is -0.504. The zero-order valence-corrected chi connectivity index (χ0v) is 6.59. The summed E-state index contributed by atoms with van der Waals surface area (Å²) in [6.45, 7) is 0. The number of hydrogen-bond donors (Lipinski definition) is 1. The van der Waals surface area contributed by atoms with Crippen LogP contribution in [0.4, 0.5) is 10.1 Å². The third-order valence-electron chi connectivity index (χ3n) is 0.877. The summed E-state index contributed by atoms with van der Waals surface area (Å²) < 4.78 is 12.8. The number of halogens is 2. The number of pyridine rings is 1. The molecule has 0 atom stereocenters. The van der Waals surface area contributed by atoms with E-state index in [1.54, 1.807) is 28.7 Å². The smallest absolute Gasteiger partial charge is 0.228 e. The molecular weight excluding hydrogens is 234 g/mol. The van der Waals surface area contributed by atoms with Gasteiger partial charge in [0, 0.05) is 6.20 Å². The maximum atomic E-state index is 12.4. The largest absolute Gasteiger partial charge is 0.398 e. The van der Waals surface area contributed by atoms with E-state index in [2.05, 4.69) is 4.98 Å². The number of nitrogen functional groups attached to an aromatic ring is 1. The van der Waals surface area contributed by atoms with Gasteiger partial charge in [-0.25, -0.2) is 4.98 Å². The van der Waals surface area contributed by atoms with E-state index < -0.39 is 5.95 Å². The Balaban J connectivity index is 3.25. The van der Waals surface area contributed by atoms with E-state index in [4.69, 9.17) is 5.73 Å². The summed E-state index contributed by atoms with van der Waals surface area (Å²) in [6, 6.07) is 1.56. The van der Waals surface area contributed by atoms with Gasteiger partial charge in [0.05, 0.1) is 9.26 Å². The Morgan fingerprint density at radius 1 is 1.67 bits per heavy atom. The Bertz CT molecular complexity index is 206. The molecule has 48 valence electrons. The Morgan fingerprint density at radius 2 is 2.33 bits per heavy atom. The van der Waals surface area contributed by atoms with Gasteiger partial charge >= 0.3 is 0 Å². The molecule has 0 aromatic carbocycles. The average Bonchev–Trinajstić information content (AvgIpc) is 1.83. The Morgan fingerprint density at radius 3 is 2.78 bits per heavy atom. The van der Waals surface area contributed by atoms with Crippen LogP contribution in [-0.2, 0) is 0 Å². The van der Waals surface area contributed by atoms with E-state index in [0.717, 1.165) is 0 Å². The minimum atomic E-state index is -0.504. The zero-order chi connectivity index (χ0) is 6.85. The van der Waals surface area contributed by atoms with Crippen molar-refractivity contribution in [1.82, 2.24) is 4.98 Å². The van der Waals surface area contributed by atoms with Crippen LogP contribution in [0.1, 0.15) is 0 Å². The highest BCUT2D eigenvalue weighted by molar-refractivity contribution is 14.1. The normalized spacial score (nSPS) is 9.56. The second-order valence-electron chi connectivity index (χ2n) is 1.50. The van der Waals surface area contributed by atoms with E-state index in [0.29, 0.717) is 9.26 Å². The summed E-state index contributed by atoms with van der Waals surface area (Å²) in [7, 11) is 0. The molecule has 0 bridgehead atoms. The van der Waals surface area contributed by atoms with Gasteiger partial charge in [-0.2, -0.15) is 4.39 Å². The van der Waals surface area contributed by atoms with Gasteiger partial charge in [0.2, 0.25) is 5.95 Å². The van der Waals surface area contributed by atoms with Crippen molar-refractivity contribution in [1.29, 1.82) is 0 Å². The molecule has 2 N–H and O–H groups in total. The van der Waals surface area contributed by atoms with E-state index in [9.17, 15) is 4.39 Å². The van der Waals surface area contributed by atoms with Crippen LogP contribution in [0.5, 0.6) is 0 Å². The number of hydrogen-bond acceptors (Lipinski definition) is 2. The third-order valence-corrected chi connectivity index (χ3v) is 1.94. The SMILES string of the molecule is Nc1ccnc(F)c1I. The first-order chi connectivity index (χ1) is 4.22. The van der Waals surface area contributed by atoms with E-state index in [-0.39, 0.29) is 0 Å². The van der Waals surface area contributed by atoms with Crippen LogP contribution in [-0.4, -0.2) is 4.98 Å². The van der Waals surface area contributed by atoms with Gasteiger partial charge in [-0.15, -0.1) is 0 Å². The second kappa shape index (κ2) is 2.47. The van der Waals surface area contributed by atoms with Crippen molar-refractivity contribution in [2.45, 2.75) is 0 Å². The fraction of sp³-hybridized carbons (Fsp3) is 0. The molecule has 1 aromatic rings. The lowest BCUT2D eigenvalue weighted by atomic mass is 10.4. The number of rotatable bonds is 0. The van der Waals surface area contributed by atoms with Gasteiger partial charge in [-0.05, 0) is 28.7 Å². The standard InChI is InChI=1S/C5H4FIN2/c6-5-4(7)3(8)1-2-9-5/h1-2H,(H2,8,9). The number of anilines is 1. The second-order valence-corrected chi connectivity index (χ2v) is 2.58. The minimum absolute atomic E-state index is 0.384. The van der Waals surface area contributed by atoms with Gasteiger partial charge in [-0.1, -0.05) is 0 Å². The molecular formula is C5H4FIN2. The summed E-state index contributed by atoms with van der Waals surface area (Å²) >= 11 is 1.81. The van der Waals surface area contributed by atoms with Crippen molar-refractivity contribution in [3.8, 4) is 0 Å². The van der Waals surface area contributed by atoms with Gasteiger partial charge in [-0.3, -0.25) is 0 Å². The Hall–Kier alpha value is -0.390. The van der Waals surface area contributed by atoms with E-state index in [1.165, 1.54) is 6.20 Å². The van der Waals surface area contributed by atoms with Crippen molar-refractivity contribution in [2.24, 2.45) is 0 Å². The molecule has 0 saturated carbocycles. The first-order valence-electron chi connectivity index (χ1n) is 2.27.